The number of aliphatic imine (C=N–C) groups is 2. The molecular weight excluding hydrogens is 1030 g/mol. The molecule has 10 aromatic rings. The second kappa shape index (κ2) is 19.3. The first kappa shape index (κ1) is 48.4. The summed E-state index contributed by atoms with van der Waals surface area (Å²) >= 11 is 0. The Balaban J connectivity index is 0.978. The van der Waals surface area contributed by atoms with Gasteiger partial charge in [0.25, 0.3) is 0 Å². The highest BCUT2D eigenvalue weighted by Gasteiger charge is 2.32. The van der Waals surface area contributed by atoms with E-state index in [1.165, 1.54) is 14.2 Å². The third-order valence-corrected chi connectivity index (χ3v) is 15.8. The lowest BCUT2D eigenvalue weighted by molar-refractivity contribution is -0.141. The quantitative estimate of drug-likeness (QED) is 0.105. The molecule has 82 heavy (non-hydrogen) atoms. The molecule has 4 N–H and O–H groups in total. The van der Waals surface area contributed by atoms with Crippen molar-refractivity contribution in [3.05, 3.63) is 197 Å². The second-order valence-corrected chi connectivity index (χ2v) is 20.6. The van der Waals surface area contributed by atoms with Gasteiger partial charge in [0, 0.05) is 98.4 Å². The number of benzene rings is 4. The number of nitrogens with zero attached hydrogens (tertiary/aromatic N) is 10. The number of rotatable bonds is 8. The average Bonchev–Trinajstić information content (AvgIpc) is 3.89. The Labute approximate surface area is 466 Å². The zero-order valence-electron chi connectivity index (χ0n) is 44.5. The molecular formula is C64H48N14O4. The largest absolute Gasteiger partial charge is 0.469 e. The van der Waals surface area contributed by atoms with Crippen LogP contribution in [0, 0.1) is 0 Å². The molecule has 11 heterocycles. The molecule has 0 spiro atoms. The Morgan fingerprint density at radius 2 is 1.13 bits per heavy atom. The third-order valence-electron chi connectivity index (χ3n) is 15.8. The third kappa shape index (κ3) is 8.13. The van der Waals surface area contributed by atoms with Gasteiger partial charge in [-0.1, -0.05) is 91.0 Å². The highest BCUT2D eigenvalue weighted by Crippen LogP contribution is 2.40. The summed E-state index contributed by atoms with van der Waals surface area (Å²) in [6.07, 6.45) is 12.7. The Bertz CT molecular complexity index is 4880. The lowest BCUT2D eigenvalue weighted by atomic mass is 9.88. The van der Waals surface area contributed by atoms with Crippen LogP contribution in [0.25, 0.3) is 101 Å². The zero-order chi connectivity index (χ0) is 55.2. The smallest absolute Gasteiger partial charge is 0.305 e. The van der Waals surface area contributed by atoms with Crippen molar-refractivity contribution in [1.82, 2.24) is 59.4 Å². The van der Waals surface area contributed by atoms with Gasteiger partial charge < -0.3 is 34.0 Å². The summed E-state index contributed by atoms with van der Waals surface area (Å²) in [7, 11) is 4.75. The van der Waals surface area contributed by atoms with Gasteiger partial charge in [0.1, 0.15) is 28.4 Å². The maximum Gasteiger partial charge on any atom is 0.305 e. The molecule has 4 aromatic carbocycles. The van der Waals surface area contributed by atoms with E-state index >= 15 is 0 Å². The monoisotopic (exact) mass is 1080 g/mol. The maximum absolute atomic E-state index is 12.9. The number of ether oxygens (including phenoxy) is 2. The molecule has 6 aromatic heterocycles. The molecule has 5 aliphatic rings. The Kier molecular flexibility index (Phi) is 11.4. The Hall–Kier alpha value is -10.8. The van der Waals surface area contributed by atoms with Crippen molar-refractivity contribution in [3.8, 4) is 45.6 Å². The Morgan fingerprint density at radius 3 is 1.73 bits per heavy atom. The van der Waals surface area contributed by atoms with Crippen molar-refractivity contribution in [2.24, 2.45) is 17.0 Å². The number of aryl methyl sites for hydroxylation is 1. The predicted molar refractivity (Wildman–Crippen MR) is 313 cm³/mol. The van der Waals surface area contributed by atoms with Crippen molar-refractivity contribution < 1.29 is 19.1 Å². The molecule has 15 rings (SSSR count). The number of aromatic nitrogens is 12. The molecule has 5 aliphatic heterocycles. The molecule has 0 saturated heterocycles. The van der Waals surface area contributed by atoms with E-state index in [1.807, 2.05) is 121 Å². The molecule has 0 amide bonds. The summed E-state index contributed by atoms with van der Waals surface area (Å²) in [5.41, 5.74) is 12.8. The van der Waals surface area contributed by atoms with E-state index in [0.29, 0.717) is 81.7 Å². The molecule has 18 nitrogen and oxygen atoms in total. The molecule has 0 radical (unpaired) electrons. The van der Waals surface area contributed by atoms with E-state index < -0.39 is 12.0 Å². The van der Waals surface area contributed by atoms with E-state index in [2.05, 4.69) is 56.3 Å². The van der Waals surface area contributed by atoms with Gasteiger partial charge in [-0.25, -0.2) is 39.9 Å². The van der Waals surface area contributed by atoms with Crippen LogP contribution in [0.4, 0.5) is 0 Å². The van der Waals surface area contributed by atoms with Crippen LogP contribution in [0.3, 0.4) is 0 Å². The Morgan fingerprint density at radius 1 is 0.561 bits per heavy atom. The fourth-order valence-electron chi connectivity index (χ4n) is 11.8. The minimum Gasteiger partial charge on any atom is -0.469 e. The predicted octanol–water partition coefficient (Wildman–Crippen LogP) is 9.35. The lowest BCUT2D eigenvalue weighted by Crippen LogP contribution is -2.21. The van der Waals surface area contributed by atoms with Crippen molar-refractivity contribution in [2.75, 3.05) is 14.2 Å². The van der Waals surface area contributed by atoms with Gasteiger partial charge in [-0.05, 0) is 72.5 Å². The van der Waals surface area contributed by atoms with Crippen LogP contribution in [0.2, 0.25) is 0 Å². The average molecular weight is 1080 g/mol. The number of imidazole rings is 1. The number of esters is 2. The van der Waals surface area contributed by atoms with E-state index in [4.69, 9.17) is 54.3 Å². The first-order chi connectivity index (χ1) is 40.2. The van der Waals surface area contributed by atoms with Crippen LogP contribution in [-0.4, -0.2) is 103 Å². The number of hydrogen-bond donors (Lipinski definition) is 4. The highest BCUT2D eigenvalue weighted by molar-refractivity contribution is 6.30. The van der Waals surface area contributed by atoms with Crippen LogP contribution < -0.4 is 10.7 Å². The van der Waals surface area contributed by atoms with Crippen molar-refractivity contribution >= 4 is 78.6 Å². The number of allylic oxidation sites excluding steroid dienone is 4. The summed E-state index contributed by atoms with van der Waals surface area (Å²) in [6.45, 7) is 0. The van der Waals surface area contributed by atoms with Gasteiger partial charge in [0.05, 0.1) is 54.2 Å². The number of carbonyl (C=O) groups is 2. The van der Waals surface area contributed by atoms with Crippen LogP contribution >= 0.6 is 0 Å². The normalized spacial score (nSPS) is 18.2. The summed E-state index contributed by atoms with van der Waals surface area (Å²) in [5, 5.41) is 4.98. The highest BCUT2D eigenvalue weighted by atomic mass is 16.5. The van der Waals surface area contributed by atoms with Crippen molar-refractivity contribution in [2.45, 2.75) is 37.6 Å². The number of fused-ring (bicyclic) bond motifs is 26. The fourth-order valence-corrected chi connectivity index (χ4v) is 11.8. The zero-order valence-corrected chi connectivity index (χ0v) is 44.5. The number of carbonyl (C=O) groups excluding carboxylic acids is 2. The number of aromatic amines is 4. The molecule has 0 aliphatic carbocycles. The SMILES string of the molecule is COC(=O)CC/C1=C2\C=CC(=N2)/C(c2nccn2C)=c2/cc/c([nH]2)=C(\CCC(=O)OC)c2ccc([nH]2)C(c2ccc3c4nc5nc(nc6[nH]c(nc7nc(nc([nH]4)c3c2)-c2ccccc2-7)c2ccccc62)-c2ccccc2-5)C2C=CC1=N2. The van der Waals surface area contributed by atoms with Crippen LogP contribution in [0.1, 0.15) is 54.4 Å². The number of hydrogen-bond acceptors (Lipinski definition) is 13. The fraction of sp³-hybridized carbons (Fsp3) is 0.141. The van der Waals surface area contributed by atoms with Crippen LogP contribution in [0.15, 0.2) is 173 Å². The minimum absolute atomic E-state index is 0.123. The van der Waals surface area contributed by atoms with E-state index in [0.717, 1.165) is 88.2 Å². The molecule has 2 atom stereocenters. The van der Waals surface area contributed by atoms with Gasteiger partial charge in [-0.15, -0.1) is 0 Å². The van der Waals surface area contributed by atoms with Gasteiger partial charge in [-0.2, -0.15) is 0 Å². The molecule has 2 unspecified atom stereocenters. The van der Waals surface area contributed by atoms with Gasteiger partial charge in [-0.3, -0.25) is 14.6 Å². The lowest BCUT2D eigenvalue weighted by Gasteiger charge is -2.21. The standard InChI is InChI=1S/C64H48N14O4/c1-78-31-30-65-64(78)55-50-26-22-46(68-50)41(18-28-52(79)81-2)44-20-24-48(66-44)54(49-25-21-45(67-49)42(19-29-53(80)82-3)47-23-27-51(55)69-47)33-16-17-40-43(32-33)63-76-61-39-15-9-8-14-38(39)59(74-61)72-57-35-11-5-4-10-34(35)56(70-57)71-58-36-12-6-7-13-37(36)60(73-58)75-62(40)77-63/h4-17,20-27,30-32,48,54,67,69H,18-19,28-29H2,1-3H3,(H2,70,71,72,73,74,75,76,77)/b46-41-,47-42-,55-51+. The first-order valence-corrected chi connectivity index (χ1v) is 27.0. The maximum atomic E-state index is 12.9. The summed E-state index contributed by atoms with van der Waals surface area (Å²) in [5.74, 6) is 1.65. The van der Waals surface area contributed by atoms with Crippen LogP contribution in [-0.2, 0) is 26.1 Å². The molecule has 16 bridgehead atoms. The van der Waals surface area contributed by atoms with Crippen molar-refractivity contribution in [3.63, 3.8) is 0 Å². The first-order valence-electron chi connectivity index (χ1n) is 27.0. The van der Waals surface area contributed by atoms with Crippen LogP contribution in [0.5, 0.6) is 0 Å². The van der Waals surface area contributed by atoms with E-state index in [9.17, 15) is 9.59 Å². The molecule has 18 heteroatoms. The summed E-state index contributed by atoms with van der Waals surface area (Å²) in [4.78, 5) is 87.3. The minimum atomic E-state index is -0.450. The van der Waals surface area contributed by atoms with Gasteiger partial charge in [0.2, 0.25) is 0 Å². The van der Waals surface area contributed by atoms with E-state index in [-0.39, 0.29) is 24.8 Å². The van der Waals surface area contributed by atoms with Gasteiger partial charge >= 0.3 is 11.9 Å². The topological polar surface area (TPSA) is 236 Å². The molecule has 0 fully saturated rings. The second-order valence-electron chi connectivity index (χ2n) is 20.6. The van der Waals surface area contributed by atoms with Crippen molar-refractivity contribution in [1.29, 1.82) is 0 Å². The number of methoxy groups -OCH3 is 2. The summed E-state index contributed by atoms with van der Waals surface area (Å²) < 4.78 is 12.3. The molecule has 0 saturated carbocycles. The number of nitrogens with one attached hydrogen (secondary N) is 4. The van der Waals surface area contributed by atoms with Gasteiger partial charge in [0.15, 0.2) is 23.3 Å². The number of H-pyrrole nitrogens is 4. The molecule has 398 valence electrons. The summed E-state index contributed by atoms with van der Waals surface area (Å²) in [6, 6.07) is 38.1. The van der Waals surface area contributed by atoms with E-state index in [1.54, 1.807) is 6.20 Å².